The zero-order valence-electron chi connectivity index (χ0n) is 13.7. The average molecular weight is 352 g/mol. The summed E-state index contributed by atoms with van der Waals surface area (Å²) in [5, 5.41) is 8.19. The van der Waals surface area contributed by atoms with Crippen LogP contribution < -0.4 is 0 Å². The highest BCUT2D eigenvalue weighted by Crippen LogP contribution is 2.39. The Morgan fingerprint density at radius 2 is 2.04 bits per heavy atom. The molecule has 1 saturated heterocycles. The van der Waals surface area contributed by atoms with Crippen molar-refractivity contribution in [2.75, 3.05) is 26.7 Å². The smallest absolute Gasteiger partial charge is 0.260 e. The summed E-state index contributed by atoms with van der Waals surface area (Å²) in [6, 6.07) is 1.28. The molecular weight excluding hydrogens is 332 g/mol. The highest BCUT2D eigenvalue weighted by molar-refractivity contribution is 7.89. The predicted molar refractivity (Wildman–Crippen MR) is 83.6 cm³/mol. The van der Waals surface area contributed by atoms with Crippen molar-refractivity contribution in [1.29, 1.82) is 0 Å². The fourth-order valence-corrected chi connectivity index (χ4v) is 4.51. The predicted octanol–water partition coefficient (Wildman–Crippen LogP) is 0.358. The number of nitrogens with zero attached hydrogens (tertiary/aromatic N) is 6. The van der Waals surface area contributed by atoms with Crippen molar-refractivity contribution < 1.29 is 12.9 Å². The zero-order valence-corrected chi connectivity index (χ0v) is 14.5. The molecule has 0 amide bonds. The molecule has 9 nitrogen and oxygen atoms in total. The Bertz CT molecular complexity index is 840. The SMILES string of the molecule is CN1CCN(S(=O)(=O)c2ccnn2C)C[C@@H]1c1nc(C2CC2)no1. The number of piperazine rings is 1. The van der Waals surface area contributed by atoms with E-state index >= 15 is 0 Å². The molecule has 3 heterocycles. The van der Waals surface area contributed by atoms with Crippen LogP contribution in [0.1, 0.15) is 36.5 Å². The molecule has 2 fully saturated rings. The highest BCUT2D eigenvalue weighted by atomic mass is 32.2. The van der Waals surface area contributed by atoms with Crippen LogP contribution in [-0.2, 0) is 17.1 Å². The summed E-state index contributed by atoms with van der Waals surface area (Å²) in [6.07, 6.45) is 3.68. The molecule has 1 aliphatic heterocycles. The molecule has 1 atom stereocenters. The van der Waals surface area contributed by atoms with Crippen LogP contribution in [0.5, 0.6) is 0 Å². The number of likely N-dealkylation sites (N-methyl/N-ethyl adjacent to an activating group) is 1. The molecule has 0 aromatic carbocycles. The van der Waals surface area contributed by atoms with E-state index in [2.05, 4.69) is 20.1 Å². The Hall–Kier alpha value is -1.78. The average Bonchev–Trinajstić information content (AvgIpc) is 3.11. The third-order valence-corrected chi connectivity index (χ3v) is 6.62. The summed E-state index contributed by atoms with van der Waals surface area (Å²) in [4.78, 5) is 6.54. The standard InChI is InChI=1S/C14H20N6O3S/c1-18-7-8-20(24(21,22)12-5-6-15-19(12)2)9-11(18)14-16-13(17-23-14)10-3-4-10/h5-6,10-11H,3-4,7-9H2,1-2H3/t11-/m1/s1. The van der Waals surface area contributed by atoms with Crippen LogP contribution in [0.15, 0.2) is 21.8 Å². The van der Waals surface area contributed by atoms with E-state index in [1.165, 1.54) is 21.3 Å². The normalized spacial score (nSPS) is 23.7. The third-order valence-electron chi connectivity index (χ3n) is 4.68. The molecule has 0 unspecified atom stereocenters. The van der Waals surface area contributed by atoms with Gasteiger partial charge in [0.05, 0.1) is 6.20 Å². The Morgan fingerprint density at radius 3 is 2.71 bits per heavy atom. The number of rotatable bonds is 4. The topological polar surface area (TPSA) is 97.4 Å². The van der Waals surface area contributed by atoms with Gasteiger partial charge in [-0.2, -0.15) is 14.4 Å². The van der Waals surface area contributed by atoms with Gasteiger partial charge in [-0.15, -0.1) is 0 Å². The lowest BCUT2D eigenvalue weighted by molar-refractivity contribution is 0.120. The molecule has 2 aromatic heterocycles. The van der Waals surface area contributed by atoms with E-state index in [4.69, 9.17) is 4.52 Å². The Kier molecular flexibility index (Phi) is 3.70. The lowest BCUT2D eigenvalue weighted by Crippen LogP contribution is -2.49. The lowest BCUT2D eigenvalue weighted by Gasteiger charge is -2.36. The fourth-order valence-electron chi connectivity index (χ4n) is 2.97. The quantitative estimate of drug-likeness (QED) is 0.783. The summed E-state index contributed by atoms with van der Waals surface area (Å²) >= 11 is 0. The van der Waals surface area contributed by atoms with Crippen molar-refractivity contribution in [2.24, 2.45) is 7.05 Å². The van der Waals surface area contributed by atoms with Gasteiger partial charge >= 0.3 is 0 Å². The third kappa shape index (κ3) is 2.64. The minimum Gasteiger partial charge on any atom is -0.338 e. The van der Waals surface area contributed by atoms with Gasteiger partial charge in [-0.25, -0.2) is 8.42 Å². The molecule has 0 radical (unpaired) electrons. The van der Waals surface area contributed by atoms with Crippen molar-refractivity contribution in [1.82, 2.24) is 29.1 Å². The Balaban J connectivity index is 1.59. The maximum atomic E-state index is 12.9. The van der Waals surface area contributed by atoms with Gasteiger partial charge in [0.1, 0.15) is 6.04 Å². The number of aromatic nitrogens is 4. The number of sulfonamides is 1. The van der Waals surface area contributed by atoms with Crippen LogP contribution in [0.2, 0.25) is 0 Å². The fraction of sp³-hybridized carbons (Fsp3) is 0.643. The maximum absolute atomic E-state index is 12.9. The number of hydrogen-bond acceptors (Lipinski definition) is 7. The van der Waals surface area contributed by atoms with Gasteiger partial charge in [0, 0.05) is 32.6 Å². The van der Waals surface area contributed by atoms with E-state index in [0.717, 1.165) is 18.7 Å². The van der Waals surface area contributed by atoms with E-state index in [1.807, 2.05) is 7.05 Å². The second-order valence-corrected chi connectivity index (χ2v) is 8.30. The highest BCUT2D eigenvalue weighted by Gasteiger charge is 2.38. The number of hydrogen-bond donors (Lipinski definition) is 0. The maximum Gasteiger partial charge on any atom is 0.260 e. The summed E-state index contributed by atoms with van der Waals surface area (Å²) in [6.45, 7) is 1.31. The molecular formula is C14H20N6O3S. The van der Waals surface area contributed by atoms with E-state index in [9.17, 15) is 8.42 Å². The largest absolute Gasteiger partial charge is 0.338 e. The first-order chi connectivity index (χ1) is 11.5. The van der Waals surface area contributed by atoms with Crippen LogP contribution >= 0.6 is 0 Å². The monoisotopic (exact) mass is 352 g/mol. The van der Waals surface area contributed by atoms with Crippen LogP contribution in [0.4, 0.5) is 0 Å². The lowest BCUT2D eigenvalue weighted by atomic mass is 10.2. The summed E-state index contributed by atoms with van der Waals surface area (Å²) in [5.74, 6) is 1.64. The van der Waals surface area contributed by atoms with Gasteiger partial charge in [-0.3, -0.25) is 9.58 Å². The van der Waals surface area contributed by atoms with Gasteiger partial charge in [0.2, 0.25) is 5.89 Å². The van der Waals surface area contributed by atoms with Gasteiger partial charge in [0.25, 0.3) is 10.0 Å². The molecule has 10 heteroatoms. The van der Waals surface area contributed by atoms with Gasteiger partial charge in [-0.1, -0.05) is 5.16 Å². The minimum atomic E-state index is -3.59. The van der Waals surface area contributed by atoms with Crippen LogP contribution in [0, 0.1) is 0 Å². The molecule has 0 N–H and O–H groups in total. The van der Waals surface area contributed by atoms with Crippen LogP contribution in [0.25, 0.3) is 0 Å². The molecule has 0 spiro atoms. The van der Waals surface area contributed by atoms with Gasteiger partial charge in [-0.05, 0) is 26.0 Å². The van der Waals surface area contributed by atoms with Crippen molar-refractivity contribution in [3.05, 3.63) is 24.0 Å². The van der Waals surface area contributed by atoms with Gasteiger partial charge < -0.3 is 4.52 Å². The molecule has 2 aliphatic rings. The second kappa shape index (κ2) is 5.64. The number of aryl methyl sites for hydroxylation is 1. The summed E-state index contributed by atoms with van der Waals surface area (Å²) in [7, 11) is -0.0241. The zero-order chi connectivity index (χ0) is 16.9. The molecule has 130 valence electrons. The first-order valence-electron chi connectivity index (χ1n) is 7.98. The van der Waals surface area contributed by atoms with E-state index in [0.29, 0.717) is 24.9 Å². The molecule has 0 bridgehead atoms. The first-order valence-corrected chi connectivity index (χ1v) is 9.42. The Labute approximate surface area is 140 Å². The van der Waals surface area contributed by atoms with E-state index < -0.39 is 10.0 Å². The van der Waals surface area contributed by atoms with Crippen LogP contribution in [0.3, 0.4) is 0 Å². The van der Waals surface area contributed by atoms with E-state index in [-0.39, 0.29) is 17.6 Å². The molecule has 4 rings (SSSR count). The molecule has 2 aromatic rings. The Morgan fingerprint density at radius 1 is 1.25 bits per heavy atom. The summed E-state index contributed by atoms with van der Waals surface area (Å²) < 4.78 is 34.0. The second-order valence-electron chi connectivity index (χ2n) is 6.42. The van der Waals surface area contributed by atoms with Crippen molar-refractivity contribution in [3.8, 4) is 0 Å². The van der Waals surface area contributed by atoms with Crippen LogP contribution in [-0.4, -0.2) is 64.2 Å². The molecule has 1 saturated carbocycles. The van der Waals surface area contributed by atoms with Gasteiger partial charge in [0.15, 0.2) is 10.9 Å². The van der Waals surface area contributed by atoms with Crippen molar-refractivity contribution in [2.45, 2.75) is 29.8 Å². The minimum absolute atomic E-state index is 0.190. The molecule has 1 aliphatic carbocycles. The van der Waals surface area contributed by atoms with E-state index in [1.54, 1.807) is 7.05 Å². The van der Waals surface area contributed by atoms with Crippen molar-refractivity contribution in [3.63, 3.8) is 0 Å². The first kappa shape index (κ1) is 15.7. The summed E-state index contributed by atoms with van der Waals surface area (Å²) in [5.41, 5.74) is 0. The molecule has 24 heavy (non-hydrogen) atoms. The van der Waals surface area contributed by atoms with Crippen molar-refractivity contribution >= 4 is 10.0 Å².